The first-order valence-corrected chi connectivity index (χ1v) is 8.94. The van der Waals surface area contributed by atoms with E-state index >= 15 is 0 Å². The van der Waals surface area contributed by atoms with Gasteiger partial charge in [0, 0.05) is 25.0 Å². The molecule has 1 aliphatic heterocycles. The molecule has 2 N–H and O–H groups in total. The van der Waals surface area contributed by atoms with Crippen LogP contribution in [0.2, 0.25) is 0 Å². The standard InChI is InChI=1S/C18H30N2O5/c1-17(2,3)20-10-13(9-14(20)21)15(22)19-11-18(24)7-5-12(6-8-18)16(23)25-4/h12-13,24H,5-11H2,1-4H3,(H,19,22). The average molecular weight is 354 g/mol. The van der Waals surface area contributed by atoms with Gasteiger partial charge in [0.2, 0.25) is 11.8 Å². The maximum absolute atomic E-state index is 12.4. The molecule has 1 saturated heterocycles. The van der Waals surface area contributed by atoms with Crippen molar-refractivity contribution in [3.05, 3.63) is 0 Å². The molecule has 142 valence electrons. The predicted octanol–water partition coefficient (Wildman–Crippen LogP) is 0.844. The summed E-state index contributed by atoms with van der Waals surface area (Å²) in [4.78, 5) is 37.8. The fourth-order valence-electron chi connectivity index (χ4n) is 3.66. The summed E-state index contributed by atoms with van der Waals surface area (Å²) in [7, 11) is 1.37. The molecule has 7 nitrogen and oxygen atoms in total. The number of likely N-dealkylation sites (tertiary alicyclic amines) is 1. The first kappa shape index (κ1) is 19.7. The molecule has 0 bridgehead atoms. The Labute approximate surface area is 149 Å². The second kappa shape index (κ2) is 7.32. The van der Waals surface area contributed by atoms with Crippen LogP contribution in [0, 0.1) is 11.8 Å². The highest BCUT2D eigenvalue weighted by Crippen LogP contribution is 2.32. The molecule has 1 saturated carbocycles. The quantitative estimate of drug-likeness (QED) is 0.730. The Kier molecular flexibility index (Phi) is 5.76. The van der Waals surface area contributed by atoms with Crippen LogP contribution in [0.4, 0.5) is 0 Å². The lowest BCUT2D eigenvalue weighted by molar-refractivity contribution is -0.148. The van der Waals surface area contributed by atoms with Gasteiger partial charge in [-0.25, -0.2) is 0 Å². The maximum Gasteiger partial charge on any atom is 0.308 e. The van der Waals surface area contributed by atoms with Gasteiger partial charge in [-0.2, -0.15) is 0 Å². The number of aliphatic hydroxyl groups is 1. The fourth-order valence-corrected chi connectivity index (χ4v) is 3.66. The summed E-state index contributed by atoms with van der Waals surface area (Å²) >= 11 is 0. The Morgan fingerprint density at radius 2 is 1.88 bits per heavy atom. The molecule has 25 heavy (non-hydrogen) atoms. The Bertz CT molecular complexity index is 532. The van der Waals surface area contributed by atoms with Crippen LogP contribution >= 0.6 is 0 Å². The smallest absolute Gasteiger partial charge is 0.308 e. The van der Waals surface area contributed by atoms with E-state index in [1.165, 1.54) is 7.11 Å². The molecule has 0 aromatic rings. The van der Waals surface area contributed by atoms with Crippen molar-refractivity contribution in [3.63, 3.8) is 0 Å². The number of amides is 2. The zero-order valence-electron chi connectivity index (χ0n) is 15.6. The number of ether oxygens (including phenoxy) is 1. The molecular formula is C18H30N2O5. The van der Waals surface area contributed by atoms with E-state index in [-0.39, 0.29) is 48.1 Å². The highest BCUT2D eigenvalue weighted by atomic mass is 16.5. The van der Waals surface area contributed by atoms with Crippen molar-refractivity contribution in [1.82, 2.24) is 10.2 Å². The van der Waals surface area contributed by atoms with Crippen LogP contribution in [0.1, 0.15) is 52.9 Å². The van der Waals surface area contributed by atoms with Gasteiger partial charge in [-0.1, -0.05) is 0 Å². The summed E-state index contributed by atoms with van der Waals surface area (Å²) in [6.45, 7) is 6.42. The molecule has 2 amide bonds. The lowest BCUT2D eigenvalue weighted by Gasteiger charge is -2.35. The summed E-state index contributed by atoms with van der Waals surface area (Å²) in [6, 6.07) is 0. The minimum atomic E-state index is -0.994. The van der Waals surface area contributed by atoms with E-state index in [4.69, 9.17) is 4.74 Å². The van der Waals surface area contributed by atoms with Crippen molar-refractivity contribution in [1.29, 1.82) is 0 Å². The molecule has 7 heteroatoms. The molecule has 2 fully saturated rings. The van der Waals surface area contributed by atoms with Crippen LogP contribution in [0.5, 0.6) is 0 Å². The number of esters is 1. The third-order valence-electron chi connectivity index (χ3n) is 5.35. The van der Waals surface area contributed by atoms with E-state index in [0.29, 0.717) is 32.2 Å². The van der Waals surface area contributed by atoms with Crippen molar-refractivity contribution >= 4 is 17.8 Å². The number of hydrogen-bond acceptors (Lipinski definition) is 5. The van der Waals surface area contributed by atoms with Gasteiger partial charge in [-0.05, 0) is 46.5 Å². The number of carbonyl (C=O) groups excluding carboxylic acids is 3. The lowest BCUT2D eigenvalue weighted by Crippen LogP contribution is -2.48. The lowest BCUT2D eigenvalue weighted by atomic mass is 9.78. The van der Waals surface area contributed by atoms with Gasteiger partial charge in [-0.3, -0.25) is 14.4 Å². The Morgan fingerprint density at radius 1 is 1.28 bits per heavy atom. The van der Waals surface area contributed by atoms with Crippen molar-refractivity contribution < 1.29 is 24.2 Å². The number of nitrogens with one attached hydrogen (secondary N) is 1. The summed E-state index contributed by atoms with van der Waals surface area (Å²) in [5.41, 5.74) is -1.29. The molecule has 1 unspecified atom stereocenters. The van der Waals surface area contributed by atoms with Gasteiger partial charge in [0.25, 0.3) is 0 Å². The summed E-state index contributed by atoms with van der Waals surface area (Å²) in [5.74, 6) is -0.984. The number of rotatable bonds is 4. The monoisotopic (exact) mass is 354 g/mol. The molecule has 0 spiro atoms. The zero-order chi connectivity index (χ0) is 18.8. The van der Waals surface area contributed by atoms with E-state index in [1.54, 1.807) is 4.90 Å². The number of carbonyl (C=O) groups is 3. The van der Waals surface area contributed by atoms with Crippen LogP contribution < -0.4 is 5.32 Å². The molecule has 2 aliphatic rings. The van der Waals surface area contributed by atoms with Gasteiger partial charge in [0.15, 0.2) is 0 Å². The van der Waals surface area contributed by atoms with E-state index in [2.05, 4.69) is 5.32 Å². The van der Waals surface area contributed by atoms with Gasteiger partial charge in [0.05, 0.1) is 24.5 Å². The largest absolute Gasteiger partial charge is 0.469 e. The van der Waals surface area contributed by atoms with Crippen LogP contribution in [0.3, 0.4) is 0 Å². The van der Waals surface area contributed by atoms with Crippen molar-refractivity contribution in [2.75, 3.05) is 20.2 Å². The molecule has 0 radical (unpaired) electrons. The first-order valence-electron chi connectivity index (χ1n) is 8.94. The Morgan fingerprint density at radius 3 is 2.36 bits per heavy atom. The van der Waals surface area contributed by atoms with Crippen molar-refractivity contribution in [2.24, 2.45) is 11.8 Å². The SMILES string of the molecule is COC(=O)C1CCC(O)(CNC(=O)C2CC(=O)N(C(C)(C)C)C2)CC1. The molecule has 1 atom stereocenters. The van der Waals surface area contributed by atoms with Crippen LogP contribution in [-0.2, 0) is 19.1 Å². The molecule has 0 aromatic heterocycles. The second-order valence-electron chi connectivity index (χ2n) is 8.32. The zero-order valence-corrected chi connectivity index (χ0v) is 15.6. The van der Waals surface area contributed by atoms with E-state index in [0.717, 1.165) is 0 Å². The Hall–Kier alpha value is -1.63. The predicted molar refractivity (Wildman–Crippen MR) is 91.5 cm³/mol. The highest BCUT2D eigenvalue weighted by Gasteiger charge is 2.41. The van der Waals surface area contributed by atoms with E-state index in [1.807, 2.05) is 20.8 Å². The minimum absolute atomic E-state index is 0.00931. The number of hydrogen-bond donors (Lipinski definition) is 2. The van der Waals surface area contributed by atoms with Gasteiger partial charge < -0.3 is 20.1 Å². The third kappa shape index (κ3) is 4.71. The summed E-state index contributed by atoms with van der Waals surface area (Å²) < 4.78 is 4.74. The molecule has 1 aliphatic carbocycles. The van der Waals surface area contributed by atoms with E-state index < -0.39 is 5.60 Å². The first-order chi connectivity index (χ1) is 11.6. The van der Waals surface area contributed by atoms with Gasteiger partial charge in [-0.15, -0.1) is 0 Å². The van der Waals surface area contributed by atoms with Crippen LogP contribution in [0.15, 0.2) is 0 Å². The molecule has 1 heterocycles. The number of nitrogens with zero attached hydrogens (tertiary/aromatic N) is 1. The van der Waals surface area contributed by atoms with Crippen molar-refractivity contribution in [3.8, 4) is 0 Å². The third-order valence-corrected chi connectivity index (χ3v) is 5.35. The maximum atomic E-state index is 12.4. The number of methoxy groups -OCH3 is 1. The molecular weight excluding hydrogens is 324 g/mol. The normalized spacial score (nSPS) is 30.3. The second-order valence-corrected chi connectivity index (χ2v) is 8.32. The molecule has 2 rings (SSSR count). The Balaban J connectivity index is 1.83. The van der Waals surface area contributed by atoms with Gasteiger partial charge >= 0.3 is 5.97 Å². The van der Waals surface area contributed by atoms with E-state index in [9.17, 15) is 19.5 Å². The fraction of sp³-hybridized carbons (Fsp3) is 0.833. The van der Waals surface area contributed by atoms with Crippen molar-refractivity contribution in [2.45, 2.75) is 64.0 Å². The highest BCUT2D eigenvalue weighted by molar-refractivity contribution is 5.89. The molecule has 0 aromatic carbocycles. The minimum Gasteiger partial charge on any atom is -0.469 e. The van der Waals surface area contributed by atoms with Gasteiger partial charge in [0.1, 0.15) is 0 Å². The summed E-state index contributed by atoms with van der Waals surface area (Å²) in [6.07, 6.45) is 2.22. The topological polar surface area (TPSA) is 95.9 Å². The average Bonchev–Trinajstić information content (AvgIpc) is 2.95. The summed E-state index contributed by atoms with van der Waals surface area (Å²) in [5, 5.41) is 13.4. The van der Waals surface area contributed by atoms with Crippen LogP contribution in [0.25, 0.3) is 0 Å². The van der Waals surface area contributed by atoms with Crippen LogP contribution in [-0.4, -0.2) is 59.1 Å².